The molecule has 0 atom stereocenters. The zero-order valence-electron chi connectivity index (χ0n) is 12.4. The van der Waals surface area contributed by atoms with E-state index in [2.05, 4.69) is 23.6 Å². The summed E-state index contributed by atoms with van der Waals surface area (Å²) in [5.74, 6) is 0. The maximum Gasteiger partial charge on any atom is 0.340 e. The van der Waals surface area contributed by atoms with Crippen LogP contribution < -0.4 is 0 Å². The summed E-state index contributed by atoms with van der Waals surface area (Å²) in [7, 11) is -3.20. The number of hydrogen-bond donors (Lipinski definition) is 0. The van der Waals surface area contributed by atoms with Gasteiger partial charge in [0.2, 0.25) is 0 Å². The molecule has 0 aliphatic carbocycles. The van der Waals surface area contributed by atoms with E-state index in [0.717, 1.165) is 5.56 Å². The SMILES string of the molecule is CCOP(=O)(OCC)C(C)(C)c1ccc2sccc2c1. The molecule has 0 N–H and O–H groups in total. The Morgan fingerprint density at radius 2 is 1.80 bits per heavy atom. The molecule has 0 amide bonds. The molecule has 0 aliphatic heterocycles. The van der Waals surface area contributed by atoms with Crippen LogP contribution in [0.4, 0.5) is 0 Å². The molecule has 0 fully saturated rings. The molecule has 5 heteroatoms. The first-order valence-electron chi connectivity index (χ1n) is 6.81. The van der Waals surface area contributed by atoms with Gasteiger partial charge in [-0.05, 0) is 62.2 Å². The van der Waals surface area contributed by atoms with Crippen molar-refractivity contribution in [2.24, 2.45) is 0 Å². The lowest BCUT2D eigenvalue weighted by Crippen LogP contribution is -2.21. The summed E-state index contributed by atoms with van der Waals surface area (Å²) in [6.07, 6.45) is 0. The quantitative estimate of drug-likeness (QED) is 0.670. The third kappa shape index (κ3) is 2.71. The van der Waals surface area contributed by atoms with Crippen molar-refractivity contribution in [2.75, 3.05) is 13.2 Å². The van der Waals surface area contributed by atoms with E-state index in [1.807, 2.05) is 33.8 Å². The molecule has 110 valence electrons. The third-order valence-electron chi connectivity index (χ3n) is 3.44. The molecule has 0 aliphatic rings. The van der Waals surface area contributed by atoms with Gasteiger partial charge in [-0.15, -0.1) is 11.3 Å². The Labute approximate surface area is 124 Å². The summed E-state index contributed by atoms with van der Waals surface area (Å²) in [6.45, 7) is 8.27. The zero-order valence-corrected chi connectivity index (χ0v) is 14.1. The molecule has 0 radical (unpaired) electrons. The van der Waals surface area contributed by atoms with Crippen LogP contribution in [-0.2, 0) is 18.8 Å². The van der Waals surface area contributed by atoms with E-state index in [4.69, 9.17) is 9.05 Å². The summed E-state index contributed by atoms with van der Waals surface area (Å²) in [5, 5.41) is 2.56. The van der Waals surface area contributed by atoms with Crippen molar-refractivity contribution >= 4 is 29.0 Å². The Morgan fingerprint density at radius 3 is 2.40 bits per heavy atom. The molecule has 0 bridgehead atoms. The van der Waals surface area contributed by atoms with Gasteiger partial charge in [0.15, 0.2) is 0 Å². The first-order chi connectivity index (χ1) is 9.44. The molecule has 0 saturated carbocycles. The highest BCUT2D eigenvalue weighted by molar-refractivity contribution is 7.55. The molecule has 0 spiro atoms. The number of thiophene rings is 1. The van der Waals surface area contributed by atoms with E-state index < -0.39 is 12.8 Å². The molecule has 0 unspecified atom stereocenters. The standard InChI is InChI=1S/C15H21O3PS/c1-5-17-19(16,18-6-2)15(3,4)13-7-8-14-12(11-13)9-10-20-14/h7-11H,5-6H2,1-4H3. The van der Waals surface area contributed by atoms with Gasteiger partial charge in [-0.1, -0.05) is 6.07 Å². The lowest BCUT2D eigenvalue weighted by molar-refractivity contribution is 0.201. The molecule has 1 aromatic carbocycles. The molecular weight excluding hydrogens is 291 g/mol. The Bertz CT molecular complexity index is 623. The number of benzene rings is 1. The fourth-order valence-electron chi connectivity index (χ4n) is 2.21. The second-order valence-electron chi connectivity index (χ2n) is 5.07. The number of fused-ring (bicyclic) bond motifs is 1. The lowest BCUT2D eigenvalue weighted by atomic mass is 10.0. The second-order valence-corrected chi connectivity index (χ2v) is 8.64. The summed E-state index contributed by atoms with van der Waals surface area (Å²) < 4.78 is 25.3. The van der Waals surface area contributed by atoms with Gasteiger partial charge in [0.05, 0.1) is 18.4 Å². The molecule has 2 rings (SSSR count). The van der Waals surface area contributed by atoms with Gasteiger partial charge >= 0.3 is 7.60 Å². The minimum Gasteiger partial charge on any atom is -0.308 e. The Hall–Kier alpha value is -0.670. The molecule has 2 aromatic rings. The van der Waals surface area contributed by atoms with Crippen LogP contribution >= 0.6 is 18.9 Å². The average Bonchev–Trinajstić information content (AvgIpc) is 2.86. The predicted molar refractivity (Wildman–Crippen MR) is 85.7 cm³/mol. The van der Waals surface area contributed by atoms with E-state index in [1.165, 1.54) is 10.1 Å². The minimum atomic E-state index is -3.20. The van der Waals surface area contributed by atoms with Crippen molar-refractivity contribution < 1.29 is 13.6 Å². The van der Waals surface area contributed by atoms with Crippen molar-refractivity contribution in [1.82, 2.24) is 0 Å². The van der Waals surface area contributed by atoms with Crippen LogP contribution in [0.1, 0.15) is 33.3 Å². The van der Waals surface area contributed by atoms with E-state index in [-0.39, 0.29) is 0 Å². The highest BCUT2D eigenvalue weighted by Gasteiger charge is 2.44. The summed E-state index contributed by atoms with van der Waals surface area (Å²) >= 11 is 1.70. The van der Waals surface area contributed by atoms with Gasteiger partial charge in [-0.25, -0.2) is 0 Å². The van der Waals surface area contributed by atoms with E-state index in [0.29, 0.717) is 13.2 Å². The van der Waals surface area contributed by atoms with E-state index >= 15 is 0 Å². The summed E-state index contributed by atoms with van der Waals surface area (Å²) in [6, 6.07) is 8.24. The molecule has 0 saturated heterocycles. The van der Waals surface area contributed by atoms with Crippen LogP contribution in [-0.4, -0.2) is 13.2 Å². The first-order valence-corrected chi connectivity index (χ1v) is 9.24. The highest BCUT2D eigenvalue weighted by atomic mass is 32.1. The molecular formula is C15H21O3PS. The third-order valence-corrected chi connectivity index (χ3v) is 7.16. The van der Waals surface area contributed by atoms with Crippen molar-refractivity contribution in [3.63, 3.8) is 0 Å². The molecule has 3 nitrogen and oxygen atoms in total. The van der Waals surface area contributed by atoms with Crippen molar-refractivity contribution in [3.05, 3.63) is 35.2 Å². The molecule has 1 heterocycles. The second kappa shape index (κ2) is 5.98. The van der Waals surface area contributed by atoms with Crippen molar-refractivity contribution in [1.29, 1.82) is 0 Å². The van der Waals surface area contributed by atoms with E-state index in [9.17, 15) is 4.57 Å². The van der Waals surface area contributed by atoms with Gasteiger partial charge in [0.25, 0.3) is 0 Å². The minimum absolute atomic E-state index is 0.376. The Morgan fingerprint density at radius 1 is 1.15 bits per heavy atom. The fourth-order valence-corrected chi connectivity index (χ4v) is 4.83. The van der Waals surface area contributed by atoms with Crippen LogP contribution in [0, 0.1) is 0 Å². The molecule has 1 aromatic heterocycles. The monoisotopic (exact) mass is 312 g/mol. The van der Waals surface area contributed by atoms with Crippen LogP contribution in [0.15, 0.2) is 29.6 Å². The fraction of sp³-hybridized carbons (Fsp3) is 0.467. The maximum absolute atomic E-state index is 13.1. The first kappa shape index (κ1) is 15.7. The van der Waals surface area contributed by atoms with Gasteiger partial charge in [-0.3, -0.25) is 4.57 Å². The summed E-state index contributed by atoms with van der Waals surface area (Å²) in [4.78, 5) is 0. The lowest BCUT2D eigenvalue weighted by Gasteiger charge is -2.33. The van der Waals surface area contributed by atoms with Crippen LogP contribution in [0.5, 0.6) is 0 Å². The van der Waals surface area contributed by atoms with Gasteiger partial charge < -0.3 is 9.05 Å². The topological polar surface area (TPSA) is 35.5 Å². The van der Waals surface area contributed by atoms with Gasteiger partial charge in [0, 0.05) is 4.70 Å². The van der Waals surface area contributed by atoms with Gasteiger partial charge in [0.1, 0.15) is 0 Å². The van der Waals surface area contributed by atoms with Crippen LogP contribution in [0.3, 0.4) is 0 Å². The van der Waals surface area contributed by atoms with Gasteiger partial charge in [-0.2, -0.15) is 0 Å². The van der Waals surface area contributed by atoms with Crippen LogP contribution in [0.2, 0.25) is 0 Å². The Balaban J connectivity index is 2.47. The molecule has 20 heavy (non-hydrogen) atoms. The number of rotatable bonds is 6. The maximum atomic E-state index is 13.1. The zero-order chi connectivity index (χ0) is 14.8. The van der Waals surface area contributed by atoms with E-state index in [1.54, 1.807) is 11.3 Å². The smallest absolute Gasteiger partial charge is 0.308 e. The normalized spacial score (nSPS) is 13.0. The Kier molecular flexibility index (Phi) is 4.70. The van der Waals surface area contributed by atoms with Crippen molar-refractivity contribution in [3.8, 4) is 0 Å². The van der Waals surface area contributed by atoms with Crippen LogP contribution in [0.25, 0.3) is 10.1 Å². The number of hydrogen-bond acceptors (Lipinski definition) is 4. The van der Waals surface area contributed by atoms with Crippen molar-refractivity contribution in [2.45, 2.75) is 32.9 Å². The average molecular weight is 312 g/mol. The highest BCUT2D eigenvalue weighted by Crippen LogP contribution is 2.64. The summed E-state index contributed by atoms with van der Waals surface area (Å²) in [5.41, 5.74) is 0.980. The predicted octanol–water partition coefficient (Wildman–Crippen LogP) is 5.40. The largest absolute Gasteiger partial charge is 0.340 e.